The maximum Gasteiger partial charge on any atom is 0.263 e. The predicted molar refractivity (Wildman–Crippen MR) is 55.3 cm³/mol. The third-order valence-corrected chi connectivity index (χ3v) is 1.81. The summed E-state index contributed by atoms with van der Waals surface area (Å²) in [7, 11) is 0. The number of hydrogen-bond donors (Lipinski definition) is 2. The van der Waals surface area contributed by atoms with Gasteiger partial charge in [0.15, 0.2) is 0 Å². The van der Waals surface area contributed by atoms with Crippen LogP contribution in [0.2, 0.25) is 0 Å². The van der Waals surface area contributed by atoms with E-state index in [4.69, 9.17) is 5.26 Å². The minimum Gasteiger partial charge on any atom is -0.390 e. The SMILES string of the molecule is CCN/C=C(/C#N)C(=O)NC(C)CC. The summed E-state index contributed by atoms with van der Waals surface area (Å²) in [6.07, 6.45) is 2.30. The van der Waals surface area contributed by atoms with E-state index in [2.05, 4.69) is 10.6 Å². The lowest BCUT2D eigenvalue weighted by Gasteiger charge is -2.10. The van der Waals surface area contributed by atoms with Gasteiger partial charge in [0.25, 0.3) is 5.91 Å². The van der Waals surface area contributed by atoms with Crippen LogP contribution in [0.15, 0.2) is 11.8 Å². The maximum absolute atomic E-state index is 11.4. The van der Waals surface area contributed by atoms with Crippen LogP contribution in [-0.4, -0.2) is 18.5 Å². The highest BCUT2D eigenvalue weighted by Gasteiger charge is 2.10. The molecule has 0 rings (SSSR count). The van der Waals surface area contributed by atoms with Crippen LogP contribution in [0.4, 0.5) is 0 Å². The number of nitrogens with one attached hydrogen (secondary N) is 2. The smallest absolute Gasteiger partial charge is 0.263 e. The molecule has 0 aliphatic heterocycles. The monoisotopic (exact) mass is 195 g/mol. The Morgan fingerprint density at radius 1 is 1.57 bits per heavy atom. The fraction of sp³-hybridized carbons (Fsp3) is 0.600. The molecular weight excluding hydrogens is 178 g/mol. The molecule has 2 N–H and O–H groups in total. The quantitative estimate of drug-likeness (QED) is 0.506. The van der Waals surface area contributed by atoms with E-state index in [1.165, 1.54) is 6.20 Å². The summed E-state index contributed by atoms with van der Waals surface area (Å²) in [6, 6.07) is 1.95. The van der Waals surface area contributed by atoms with Gasteiger partial charge >= 0.3 is 0 Å². The number of rotatable bonds is 5. The third kappa shape index (κ3) is 4.51. The number of nitriles is 1. The van der Waals surface area contributed by atoms with Crippen molar-refractivity contribution in [3.63, 3.8) is 0 Å². The van der Waals surface area contributed by atoms with Crippen molar-refractivity contribution in [1.82, 2.24) is 10.6 Å². The number of hydrogen-bond acceptors (Lipinski definition) is 3. The molecule has 14 heavy (non-hydrogen) atoms. The Balaban J connectivity index is 4.27. The zero-order valence-electron chi connectivity index (χ0n) is 8.92. The van der Waals surface area contributed by atoms with Crippen molar-refractivity contribution in [2.24, 2.45) is 0 Å². The molecule has 4 nitrogen and oxygen atoms in total. The van der Waals surface area contributed by atoms with E-state index < -0.39 is 0 Å². The Hall–Kier alpha value is -1.50. The fourth-order valence-electron chi connectivity index (χ4n) is 0.756. The lowest BCUT2D eigenvalue weighted by Crippen LogP contribution is -2.33. The molecule has 0 spiro atoms. The molecule has 0 aromatic heterocycles. The van der Waals surface area contributed by atoms with E-state index in [0.29, 0.717) is 6.54 Å². The highest BCUT2D eigenvalue weighted by Crippen LogP contribution is 1.94. The average molecular weight is 195 g/mol. The molecule has 0 saturated heterocycles. The van der Waals surface area contributed by atoms with Gasteiger partial charge in [-0.25, -0.2) is 0 Å². The van der Waals surface area contributed by atoms with Gasteiger partial charge < -0.3 is 10.6 Å². The standard InChI is InChI=1S/C10H17N3O/c1-4-8(3)13-10(14)9(6-11)7-12-5-2/h7-8,12H,4-5H2,1-3H3,(H,13,14)/b9-7-. The number of amides is 1. The van der Waals surface area contributed by atoms with Gasteiger partial charge in [-0.05, 0) is 20.3 Å². The zero-order valence-corrected chi connectivity index (χ0v) is 8.92. The van der Waals surface area contributed by atoms with Gasteiger partial charge in [0.05, 0.1) is 0 Å². The minimum absolute atomic E-state index is 0.0980. The van der Waals surface area contributed by atoms with Crippen LogP contribution in [0.5, 0.6) is 0 Å². The lowest BCUT2D eigenvalue weighted by atomic mass is 10.2. The first-order chi connectivity index (χ1) is 6.65. The van der Waals surface area contributed by atoms with Crippen LogP contribution in [0.1, 0.15) is 27.2 Å². The fourth-order valence-corrected chi connectivity index (χ4v) is 0.756. The summed E-state index contributed by atoms with van der Waals surface area (Å²) < 4.78 is 0. The van der Waals surface area contributed by atoms with Crippen LogP contribution < -0.4 is 10.6 Å². The minimum atomic E-state index is -0.317. The van der Waals surface area contributed by atoms with Crippen molar-refractivity contribution < 1.29 is 4.79 Å². The zero-order chi connectivity index (χ0) is 11.0. The summed E-state index contributed by atoms with van der Waals surface area (Å²) in [5.41, 5.74) is 0.118. The van der Waals surface area contributed by atoms with Crippen molar-refractivity contribution >= 4 is 5.91 Å². The van der Waals surface area contributed by atoms with E-state index in [-0.39, 0.29) is 17.5 Å². The summed E-state index contributed by atoms with van der Waals surface area (Å²) in [5.74, 6) is -0.317. The van der Waals surface area contributed by atoms with Gasteiger partial charge in [-0.2, -0.15) is 5.26 Å². The van der Waals surface area contributed by atoms with Crippen LogP contribution in [0, 0.1) is 11.3 Å². The van der Waals surface area contributed by atoms with Gasteiger partial charge in [0.1, 0.15) is 11.6 Å². The molecule has 0 aliphatic carbocycles. The molecule has 0 heterocycles. The van der Waals surface area contributed by atoms with Gasteiger partial charge in [-0.3, -0.25) is 4.79 Å². The van der Waals surface area contributed by atoms with Gasteiger partial charge in [-0.1, -0.05) is 6.92 Å². The largest absolute Gasteiger partial charge is 0.390 e. The Labute approximate surface area is 85.0 Å². The first kappa shape index (κ1) is 12.5. The molecule has 1 atom stereocenters. The highest BCUT2D eigenvalue weighted by molar-refractivity contribution is 5.97. The second-order valence-electron chi connectivity index (χ2n) is 3.01. The van der Waals surface area contributed by atoms with Crippen LogP contribution in [0.25, 0.3) is 0 Å². The average Bonchev–Trinajstić information content (AvgIpc) is 2.18. The highest BCUT2D eigenvalue weighted by atomic mass is 16.1. The summed E-state index contributed by atoms with van der Waals surface area (Å²) >= 11 is 0. The Kier molecular flexibility index (Phi) is 6.21. The van der Waals surface area contributed by atoms with Crippen molar-refractivity contribution in [3.05, 3.63) is 11.8 Å². The normalized spacial score (nSPS) is 12.9. The summed E-state index contributed by atoms with van der Waals surface area (Å²) in [4.78, 5) is 11.4. The number of carbonyl (C=O) groups is 1. The molecule has 0 fully saturated rings. The molecule has 0 aliphatic rings. The molecule has 0 saturated carbocycles. The molecule has 1 amide bonds. The molecule has 0 radical (unpaired) electrons. The Morgan fingerprint density at radius 3 is 2.64 bits per heavy atom. The molecule has 0 bridgehead atoms. The Bertz CT molecular complexity index is 253. The second kappa shape index (κ2) is 6.96. The second-order valence-corrected chi connectivity index (χ2v) is 3.01. The molecule has 78 valence electrons. The topological polar surface area (TPSA) is 64.9 Å². The molecule has 0 aromatic carbocycles. The van der Waals surface area contributed by atoms with Crippen molar-refractivity contribution in [1.29, 1.82) is 5.26 Å². The van der Waals surface area contributed by atoms with Crippen LogP contribution in [-0.2, 0) is 4.79 Å². The molecule has 4 heteroatoms. The summed E-state index contributed by atoms with van der Waals surface area (Å²) in [6.45, 7) is 6.48. The van der Waals surface area contributed by atoms with Crippen molar-refractivity contribution in [2.75, 3.05) is 6.54 Å². The van der Waals surface area contributed by atoms with Crippen LogP contribution >= 0.6 is 0 Å². The lowest BCUT2D eigenvalue weighted by molar-refractivity contribution is -0.117. The predicted octanol–water partition coefficient (Wildman–Crippen LogP) is 0.918. The van der Waals surface area contributed by atoms with E-state index >= 15 is 0 Å². The first-order valence-electron chi connectivity index (χ1n) is 4.80. The maximum atomic E-state index is 11.4. The molecule has 1 unspecified atom stereocenters. The van der Waals surface area contributed by atoms with Crippen LogP contribution in [0.3, 0.4) is 0 Å². The number of nitrogens with zero attached hydrogens (tertiary/aromatic N) is 1. The van der Waals surface area contributed by atoms with Gasteiger partial charge in [0.2, 0.25) is 0 Å². The molecular formula is C10H17N3O. The van der Waals surface area contributed by atoms with E-state index in [9.17, 15) is 4.79 Å². The van der Waals surface area contributed by atoms with E-state index in [0.717, 1.165) is 6.42 Å². The van der Waals surface area contributed by atoms with Crippen molar-refractivity contribution in [3.8, 4) is 6.07 Å². The summed E-state index contributed by atoms with van der Waals surface area (Å²) in [5, 5.41) is 14.2. The number of carbonyl (C=O) groups excluding carboxylic acids is 1. The van der Waals surface area contributed by atoms with Gasteiger partial charge in [-0.15, -0.1) is 0 Å². The van der Waals surface area contributed by atoms with Gasteiger partial charge in [0, 0.05) is 18.8 Å². The molecule has 0 aromatic rings. The first-order valence-corrected chi connectivity index (χ1v) is 4.80. The Morgan fingerprint density at radius 2 is 2.21 bits per heavy atom. The van der Waals surface area contributed by atoms with E-state index in [1.807, 2.05) is 26.8 Å². The van der Waals surface area contributed by atoms with Crippen molar-refractivity contribution in [2.45, 2.75) is 33.2 Å². The third-order valence-electron chi connectivity index (χ3n) is 1.81. The van der Waals surface area contributed by atoms with E-state index in [1.54, 1.807) is 0 Å².